The molecular formula is C29H48F2N6. The number of hydrogen-bond donors (Lipinski definition) is 4. The van der Waals surface area contributed by atoms with Crippen molar-refractivity contribution >= 4 is 23.1 Å². The predicted molar refractivity (Wildman–Crippen MR) is 157 cm³/mol. The maximum Gasteiger partial charge on any atom is 0.238 e. The Morgan fingerprint density at radius 3 is 2.05 bits per heavy atom. The number of aromatic nitrogens is 2. The zero-order valence-electron chi connectivity index (χ0n) is 23.8. The molecule has 1 rings (SSSR count). The number of imidazole rings is 1. The minimum absolute atomic E-state index is 0.0417. The lowest BCUT2D eigenvalue weighted by Gasteiger charge is -2.09. The van der Waals surface area contributed by atoms with Gasteiger partial charge in [-0.1, -0.05) is 46.3 Å². The summed E-state index contributed by atoms with van der Waals surface area (Å²) in [4.78, 5) is 4.67. The van der Waals surface area contributed by atoms with Crippen molar-refractivity contribution in [3.05, 3.63) is 65.4 Å². The Morgan fingerprint density at radius 2 is 1.70 bits per heavy atom. The van der Waals surface area contributed by atoms with E-state index in [0.717, 1.165) is 40.4 Å². The Morgan fingerprint density at radius 1 is 1.11 bits per heavy atom. The van der Waals surface area contributed by atoms with Crippen LogP contribution < -0.4 is 11.5 Å². The summed E-state index contributed by atoms with van der Waals surface area (Å²) < 4.78 is 24.0. The van der Waals surface area contributed by atoms with Crippen molar-refractivity contribution in [3.63, 3.8) is 0 Å². The molecule has 0 bridgehead atoms. The monoisotopic (exact) mass is 518 g/mol. The summed E-state index contributed by atoms with van der Waals surface area (Å²) in [6.45, 7) is 19.8. The van der Waals surface area contributed by atoms with Crippen molar-refractivity contribution in [2.45, 2.75) is 80.1 Å². The van der Waals surface area contributed by atoms with Crippen molar-refractivity contribution in [2.75, 3.05) is 6.54 Å². The lowest BCUT2D eigenvalue weighted by Crippen LogP contribution is -2.01. The average molecular weight is 519 g/mol. The molecule has 0 spiro atoms. The topological polar surface area (TPSA) is 118 Å². The highest BCUT2D eigenvalue weighted by Crippen LogP contribution is 2.24. The molecule has 1 aromatic heterocycles. The first-order valence-electron chi connectivity index (χ1n) is 12.6. The highest BCUT2D eigenvalue weighted by atomic mass is 19.3. The molecule has 8 heteroatoms. The molecule has 1 aromatic rings. The number of nitrogens with two attached hydrogens (primary N) is 2. The number of halogens is 2. The van der Waals surface area contributed by atoms with E-state index in [1.807, 2.05) is 44.7 Å². The van der Waals surface area contributed by atoms with Gasteiger partial charge in [0.25, 0.3) is 0 Å². The normalized spacial score (nSPS) is 12.1. The number of allylic oxidation sites excluding steroid dienone is 6. The minimum Gasteiger partial charge on any atom is -0.399 e. The van der Waals surface area contributed by atoms with Crippen molar-refractivity contribution in [1.82, 2.24) is 9.55 Å². The molecule has 1 heterocycles. The molecule has 0 aliphatic carbocycles. The molecule has 0 aliphatic rings. The van der Waals surface area contributed by atoms with Crippen LogP contribution >= 0.6 is 0 Å². The van der Waals surface area contributed by atoms with Gasteiger partial charge in [-0.25, -0.2) is 13.8 Å². The molecule has 0 saturated heterocycles. The van der Waals surface area contributed by atoms with Crippen molar-refractivity contribution in [2.24, 2.45) is 18.5 Å². The summed E-state index contributed by atoms with van der Waals surface area (Å²) in [7, 11) is 1.92. The first-order valence-corrected chi connectivity index (χ1v) is 12.6. The highest BCUT2D eigenvalue weighted by Gasteiger charge is 2.13. The number of unbranched alkanes of at least 4 members (excludes halogenated alkanes) is 2. The van der Waals surface area contributed by atoms with E-state index >= 15 is 0 Å². The van der Waals surface area contributed by atoms with Crippen LogP contribution in [0.25, 0.3) is 11.1 Å². The first kappa shape index (κ1) is 36.0. The van der Waals surface area contributed by atoms with E-state index in [1.165, 1.54) is 25.5 Å². The van der Waals surface area contributed by atoms with Crippen LogP contribution in [-0.4, -0.2) is 34.4 Å². The fourth-order valence-corrected chi connectivity index (χ4v) is 3.09. The van der Waals surface area contributed by atoms with Crippen LogP contribution in [-0.2, 0) is 7.05 Å². The quantitative estimate of drug-likeness (QED) is 0.131. The number of aryl methyl sites for hydroxylation is 1. The molecule has 0 atom stereocenters. The third-order valence-electron chi connectivity index (χ3n) is 5.14. The molecule has 0 aromatic carbocycles. The van der Waals surface area contributed by atoms with Crippen LogP contribution in [0.3, 0.4) is 0 Å². The second kappa shape index (κ2) is 20.0. The lowest BCUT2D eigenvalue weighted by atomic mass is 10.00. The Kier molecular flexibility index (Phi) is 19.5. The average Bonchev–Trinajstić information content (AvgIpc) is 3.20. The summed E-state index contributed by atoms with van der Waals surface area (Å²) in [5.41, 5.74) is 16.6. The Hall–Kier alpha value is -3.13. The van der Waals surface area contributed by atoms with E-state index in [1.54, 1.807) is 19.9 Å². The van der Waals surface area contributed by atoms with Crippen molar-refractivity contribution in [3.8, 4) is 0 Å². The van der Waals surface area contributed by atoms with Crippen LogP contribution in [0.4, 0.5) is 8.78 Å². The van der Waals surface area contributed by atoms with Gasteiger partial charge < -0.3 is 26.9 Å². The van der Waals surface area contributed by atoms with Crippen LogP contribution in [0, 0.1) is 10.8 Å². The van der Waals surface area contributed by atoms with Gasteiger partial charge in [0.05, 0.1) is 5.69 Å². The Balaban J connectivity index is 0. The van der Waals surface area contributed by atoms with Gasteiger partial charge in [0, 0.05) is 48.4 Å². The number of alkyl halides is 2. The zero-order valence-corrected chi connectivity index (χ0v) is 23.8. The predicted octanol–water partition coefficient (Wildman–Crippen LogP) is 7.45. The zero-order chi connectivity index (χ0) is 29.1. The molecular weight excluding hydrogens is 470 g/mol. The number of rotatable bonds is 12. The van der Waals surface area contributed by atoms with E-state index in [4.69, 9.17) is 22.3 Å². The number of hydrogen-bond acceptors (Lipinski definition) is 5. The van der Waals surface area contributed by atoms with Gasteiger partial charge in [-0.05, 0) is 69.5 Å². The van der Waals surface area contributed by atoms with E-state index in [-0.39, 0.29) is 6.42 Å². The van der Waals surface area contributed by atoms with Gasteiger partial charge in [0.2, 0.25) is 6.43 Å². The van der Waals surface area contributed by atoms with Crippen LogP contribution in [0.15, 0.2) is 53.9 Å². The molecule has 6 nitrogen and oxygen atoms in total. The molecule has 37 heavy (non-hydrogen) atoms. The fraction of sp³-hybridized carbons (Fsp3) is 0.483. The summed E-state index contributed by atoms with van der Waals surface area (Å²) in [6.07, 6.45) is 9.11. The molecule has 6 N–H and O–H groups in total. The maximum absolute atomic E-state index is 11.0. The second-order valence-electron chi connectivity index (χ2n) is 8.81. The van der Waals surface area contributed by atoms with Gasteiger partial charge in [-0.15, -0.1) is 0 Å². The Labute approximate surface area is 223 Å². The molecule has 0 fully saturated rings. The molecule has 0 radical (unpaired) electrons. The lowest BCUT2D eigenvalue weighted by molar-refractivity contribution is 0.136. The Bertz CT molecular complexity index is 977. The highest BCUT2D eigenvalue weighted by molar-refractivity contribution is 5.96. The maximum atomic E-state index is 11.0. The van der Waals surface area contributed by atoms with Gasteiger partial charge in [-0.2, -0.15) is 0 Å². The summed E-state index contributed by atoms with van der Waals surface area (Å²) >= 11 is 0. The third-order valence-corrected chi connectivity index (χ3v) is 5.14. The molecule has 0 unspecified atom stereocenters. The summed E-state index contributed by atoms with van der Waals surface area (Å²) in [5.74, 6) is 0.772. The summed E-state index contributed by atoms with van der Waals surface area (Å²) in [6, 6.07) is 0. The summed E-state index contributed by atoms with van der Waals surface area (Å²) in [5, 5.41) is 15.4. The molecule has 0 amide bonds. The van der Waals surface area contributed by atoms with Crippen LogP contribution in [0.2, 0.25) is 0 Å². The van der Waals surface area contributed by atoms with Gasteiger partial charge in [0.15, 0.2) is 0 Å². The van der Waals surface area contributed by atoms with Crippen LogP contribution in [0.1, 0.15) is 85.2 Å². The van der Waals surface area contributed by atoms with Crippen molar-refractivity contribution in [1.29, 1.82) is 10.8 Å². The molecule has 208 valence electrons. The fourth-order valence-electron chi connectivity index (χ4n) is 3.09. The van der Waals surface area contributed by atoms with E-state index in [2.05, 4.69) is 25.1 Å². The standard InChI is InChI=1S/C20H27N5.C5H13N.C4H8F2/c1-12(17(6)23)8-13(2)18(10-21)16(5)20-24-19(11-25(20)7)14(3)9-15(4)22;1-2-3-4-5-6;1-2-3-4(5)6/h8-11,21-22H,1,6,23H2,2-5,7H3;2-6H2,1H3;4H,2-3H2,1H3/b13-8-,14-9+,18-16+,21-10?,22-15?;;. The van der Waals surface area contributed by atoms with Crippen LogP contribution in [0.5, 0.6) is 0 Å². The largest absolute Gasteiger partial charge is 0.399 e. The third kappa shape index (κ3) is 15.6. The SMILES string of the molecule is C=C(N)C(=C)/C=C(C)\C(C=N)=C(/C)c1nc(/C(C)=C/C(C)=N)cn1C.CCCC(F)F.CCCCCN. The second-order valence-corrected chi connectivity index (χ2v) is 8.81. The van der Waals surface area contributed by atoms with E-state index < -0.39 is 6.43 Å². The smallest absolute Gasteiger partial charge is 0.238 e. The molecule has 0 saturated carbocycles. The van der Waals surface area contributed by atoms with E-state index in [9.17, 15) is 8.78 Å². The van der Waals surface area contributed by atoms with Gasteiger partial charge in [-0.3, -0.25) is 0 Å². The van der Waals surface area contributed by atoms with Gasteiger partial charge >= 0.3 is 0 Å². The molecule has 0 aliphatic heterocycles. The minimum atomic E-state index is -2.10. The first-order chi connectivity index (χ1) is 17.3. The van der Waals surface area contributed by atoms with E-state index in [0.29, 0.717) is 23.4 Å². The van der Waals surface area contributed by atoms with Gasteiger partial charge in [0.1, 0.15) is 5.82 Å². The number of nitrogens with zero attached hydrogens (tertiary/aromatic N) is 2. The number of nitrogens with one attached hydrogen (secondary N) is 2. The van der Waals surface area contributed by atoms with Crippen molar-refractivity contribution < 1.29 is 8.78 Å².